The number of benzene rings is 2. The minimum atomic E-state index is -1.21. The van der Waals surface area contributed by atoms with Gasteiger partial charge in [-0.2, -0.15) is 0 Å². The summed E-state index contributed by atoms with van der Waals surface area (Å²) in [5, 5.41) is 0. The molecule has 0 bridgehead atoms. The van der Waals surface area contributed by atoms with Crippen LogP contribution >= 0.6 is 15.9 Å². The molecule has 1 aliphatic rings. The van der Waals surface area contributed by atoms with Crippen molar-refractivity contribution in [1.29, 1.82) is 0 Å². The number of halogens is 2. The van der Waals surface area contributed by atoms with Crippen LogP contribution in [0.25, 0.3) is 0 Å². The molecule has 140 valence electrons. The van der Waals surface area contributed by atoms with Crippen LogP contribution < -0.4 is 4.74 Å². The van der Waals surface area contributed by atoms with E-state index in [-0.39, 0.29) is 12.6 Å². The molecule has 0 aliphatic carbocycles. The van der Waals surface area contributed by atoms with Gasteiger partial charge in [0, 0.05) is 20.2 Å². The first-order valence-electron chi connectivity index (χ1n) is 8.42. The monoisotopic (exact) mass is 441 g/mol. The van der Waals surface area contributed by atoms with Crippen molar-refractivity contribution in [2.75, 3.05) is 27.0 Å². The molecule has 2 aromatic rings. The molecule has 26 heavy (non-hydrogen) atoms. The Morgan fingerprint density at radius 1 is 1.19 bits per heavy atom. The number of hydrogen-bond acceptors (Lipinski definition) is 3. The lowest BCUT2D eigenvalue weighted by Gasteiger charge is -2.31. The van der Waals surface area contributed by atoms with E-state index >= 15 is 0 Å². The number of rotatable bonds is 6. The van der Waals surface area contributed by atoms with Crippen LogP contribution in [0.15, 0.2) is 51.8 Å². The third kappa shape index (κ3) is 4.71. The highest BCUT2D eigenvalue weighted by molar-refractivity contribution is 9.10. The molecule has 1 fully saturated rings. The molecule has 4 nitrogen and oxygen atoms in total. The molecular formula is C19H21BrFNO3S. The van der Waals surface area contributed by atoms with E-state index in [1.807, 2.05) is 28.6 Å². The van der Waals surface area contributed by atoms with E-state index in [4.69, 9.17) is 9.47 Å². The van der Waals surface area contributed by atoms with E-state index in [9.17, 15) is 8.60 Å². The second kappa shape index (κ2) is 9.08. The number of nitrogens with zero attached hydrogens (tertiary/aromatic N) is 1. The molecule has 0 N–H and O–H groups in total. The Kier molecular flexibility index (Phi) is 6.80. The van der Waals surface area contributed by atoms with Crippen LogP contribution in [0.5, 0.6) is 5.75 Å². The van der Waals surface area contributed by atoms with Gasteiger partial charge in [0.05, 0.1) is 9.37 Å². The molecule has 7 heteroatoms. The van der Waals surface area contributed by atoms with Gasteiger partial charge in [-0.25, -0.2) is 12.9 Å². The van der Waals surface area contributed by atoms with Gasteiger partial charge in [-0.3, -0.25) is 0 Å². The number of methoxy groups -OCH3 is 1. The van der Waals surface area contributed by atoms with Gasteiger partial charge in [0.2, 0.25) is 0 Å². The van der Waals surface area contributed by atoms with Gasteiger partial charge in [-0.15, -0.1) is 0 Å². The van der Waals surface area contributed by atoms with E-state index < -0.39 is 11.0 Å². The fraction of sp³-hybridized carbons (Fsp3) is 0.368. The topological polar surface area (TPSA) is 38.8 Å². The summed E-state index contributed by atoms with van der Waals surface area (Å²) in [6.45, 7) is 1.65. The van der Waals surface area contributed by atoms with Crippen LogP contribution in [-0.4, -0.2) is 35.5 Å². The first-order valence-corrected chi connectivity index (χ1v) is 10.3. The SMILES string of the molecule is COCOc1ccc(S(=O)N2CCC(c3ccc(F)cc3)CC2)cc1Br. The maximum absolute atomic E-state index is 13.1. The number of ether oxygens (including phenoxy) is 2. The van der Waals surface area contributed by atoms with Crippen molar-refractivity contribution in [3.05, 3.63) is 58.3 Å². The largest absolute Gasteiger partial charge is 0.466 e. The van der Waals surface area contributed by atoms with Crippen LogP contribution in [0.4, 0.5) is 4.39 Å². The van der Waals surface area contributed by atoms with Crippen molar-refractivity contribution in [3.63, 3.8) is 0 Å². The lowest BCUT2D eigenvalue weighted by Crippen LogP contribution is -2.34. The third-order valence-corrected chi connectivity index (χ3v) is 6.58. The first-order chi connectivity index (χ1) is 12.6. The molecule has 1 saturated heterocycles. The van der Waals surface area contributed by atoms with Crippen molar-refractivity contribution in [2.24, 2.45) is 0 Å². The van der Waals surface area contributed by atoms with Crippen LogP contribution in [0.1, 0.15) is 24.3 Å². The van der Waals surface area contributed by atoms with Gasteiger partial charge in [0.25, 0.3) is 0 Å². The third-order valence-electron chi connectivity index (χ3n) is 4.47. The smallest absolute Gasteiger partial charge is 0.188 e. The molecular weight excluding hydrogens is 421 g/mol. The highest BCUT2D eigenvalue weighted by Crippen LogP contribution is 2.32. The van der Waals surface area contributed by atoms with Gasteiger partial charge in [-0.1, -0.05) is 12.1 Å². The van der Waals surface area contributed by atoms with Gasteiger partial charge in [0.15, 0.2) is 6.79 Å². The molecule has 0 aromatic heterocycles. The molecule has 0 radical (unpaired) electrons. The fourth-order valence-corrected chi connectivity index (χ4v) is 4.96. The van der Waals surface area contributed by atoms with Gasteiger partial charge in [0.1, 0.15) is 22.6 Å². The second-order valence-electron chi connectivity index (χ2n) is 6.15. The molecule has 1 atom stereocenters. The molecule has 1 heterocycles. The molecule has 0 spiro atoms. The average molecular weight is 442 g/mol. The van der Waals surface area contributed by atoms with Gasteiger partial charge < -0.3 is 9.47 Å². The van der Waals surface area contributed by atoms with E-state index in [1.54, 1.807) is 13.2 Å². The average Bonchev–Trinajstić information content (AvgIpc) is 2.67. The lowest BCUT2D eigenvalue weighted by atomic mass is 9.90. The summed E-state index contributed by atoms with van der Waals surface area (Å²) in [6, 6.07) is 12.1. The van der Waals surface area contributed by atoms with Crippen molar-refractivity contribution >= 4 is 26.9 Å². The van der Waals surface area contributed by atoms with Gasteiger partial charge in [-0.05, 0) is 70.6 Å². The van der Waals surface area contributed by atoms with Crippen molar-refractivity contribution < 1.29 is 18.1 Å². The van der Waals surface area contributed by atoms with E-state index in [0.29, 0.717) is 11.7 Å². The molecule has 1 unspecified atom stereocenters. The minimum Gasteiger partial charge on any atom is -0.466 e. The molecule has 0 amide bonds. The Labute approximate surface area is 164 Å². The summed E-state index contributed by atoms with van der Waals surface area (Å²) < 4.78 is 39.0. The van der Waals surface area contributed by atoms with Crippen LogP contribution in [-0.2, 0) is 15.7 Å². The Balaban J connectivity index is 1.61. The van der Waals surface area contributed by atoms with Crippen LogP contribution in [0, 0.1) is 5.82 Å². The highest BCUT2D eigenvalue weighted by Gasteiger charge is 2.25. The van der Waals surface area contributed by atoms with E-state index in [2.05, 4.69) is 15.9 Å². The zero-order valence-electron chi connectivity index (χ0n) is 14.5. The van der Waals surface area contributed by atoms with E-state index in [0.717, 1.165) is 40.9 Å². The maximum atomic E-state index is 13.1. The Bertz CT molecular complexity index is 764. The highest BCUT2D eigenvalue weighted by atomic mass is 79.9. The lowest BCUT2D eigenvalue weighted by molar-refractivity contribution is 0.0505. The predicted molar refractivity (Wildman–Crippen MR) is 103 cm³/mol. The maximum Gasteiger partial charge on any atom is 0.188 e. The fourth-order valence-electron chi connectivity index (χ4n) is 3.07. The summed E-state index contributed by atoms with van der Waals surface area (Å²) in [6.07, 6.45) is 1.82. The summed E-state index contributed by atoms with van der Waals surface area (Å²) >= 11 is 3.45. The number of hydrogen-bond donors (Lipinski definition) is 0. The zero-order chi connectivity index (χ0) is 18.5. The quantitative estimate of drug-likeness (QED) is 0.620. The predicted octanol–water partition coefficient (Wildman–Crippen LogP) is 4.47. The molecule has 2 aromatic carbocycles. The molecule has 0 saturated carbocycles. The van der Waals surface area contributed by atoms with Crippen molar-refractivity contribution in [2.45, 2.75) is 23.7 Å². The minimum absolute atomic E-state index is 0.165. The Morgan fingerprint density at radius 3 is 2.50 bits per heavy atom. The van der Waals surface area contributed by atoms with Crippen molar-refractivity contribution in [1.82, 2.24) is 4.31 Å². The van der Waals surface area contributed by atoms with Crippen LogP contribution in [0.2, 0.25) is 0 Å². The van der Waals surface area contributed by atoms with Crippen LogP contribution in [0.3, 0.4) is 0 Å². The first kappa shape index (κ1) is 19.5. The van der Waals surface area contributed by atoms with Crippen molar-refractivity contribution in [3.8, 4) is 5.75 Å². The second-order valence-corrected chi connectivity index (χ2v) is 8.49. The van der Waals surface area contributed by atoms with E-state index in [1.165, 1.54) is 12.1 Å². The summed E-state index contributed by atoms with van der Waals surface area (Å²) in [5.41, 5.74) is 1.15. The molecule has 1 aliphatic heterocycles. The summed E-state index contributed by atoms with van der Waals surface area (Å²) in [7, 11) is 0.350. The summed E-state index contributed by atoms with van der Waals surface area (Å²) in [4.78, 5) is 0.738. The normalized spacial score (nSPS) is 17.2. The molecule has 3 rings (SSSR count). The standard InChI is InChI=1S/C19H21BrFNO3S/c1-24-13-25-19-7-6-17(12-18(19)20)26(23)22-10-8-15(9-11-22)14-2-4-16(21)5-3-14/h2-7,12,15H,8-11,13H2,1H3. The summed E-state index contributed by atoms with van der Waals surface area (Å²) in [5.74, 6) is 0.832. The zero-order valence-corrected chi connectivity index (χ0v) is 16.9. The Morgan fingerprint density at radius 2 is 1.88 bits per heavy atom. The Hall–Kier alpha value is -1.28. The van der Waals surface area contributed by atoms with Gasteiger partial charge >= 0.3 is 0 Å². The number of piperidine rings is 1.